The van der Waals surface area contributed by atoms with Crippen LogP contribution in [0.1, 0.15) is 24.7 Å². The average Bonchev–Trinajstić information content (AvgIpc) is 2.72. The van der Waals surface area contributed by atoms with Crippen LogP contribution < -0.4 is 0 Å². The highest BCUT2D eigenvalue weighted by molar-refractivity contribution is 7.71. The minimum Gasteiger partial charge on any atom is -0.343 e. The van der Waals surface area contributed by atoms with Gasteiger partial charge in [-0.25, -0.2) is 4.98 Å². The fourth-order valence-electron chi connectivity index (χ4n) is 1.78. The molecule has 1 N–H and O–H groups in total. The van der Waals surface area contributed by atoms with Gasteiger partial charge in [0.05, 0.1) is 11.9 Å². The number of aryl methyl sites for hydroxylation is 2. The van der Waals surface area contributed by atoms with Crippen LogP contribution in [-0.2, 0) is 6.54 Å². The highest BCUT2D eigenvalue weighted by atomic mass is 32.1. The van der Waals surface area contributed by atoms with E-state index in [1.165, 1.54) is 0 Å². The van der Waals surface area contributed by atoms with Gasteiger partial charge in [0, 0.05) is 23.9 Å². The number of aromatic nitrogens is 4. The largest absolute Gasteiger partial charge is 0.343 e. The lowest BCUT2D eigenvalue weighted by molar-refractivity contribution is 0.603. The topological polar surface area (TPSA) is 46.5 Å². The summed E-state index contributed by atoms with van der Waals surface area (Å²) in [4.78, 5) is 7.49. The van der Waals surface area contributed by atoms with Gasteiger partial charge in [-0.05, 0) is 20.3 Å². The fraction of sp³-hybridized carbons (Fsp3) is 0.417. The van der Waals surface area contributed by atoms with Crippen LogP contribution in [0.3, 0.4) is 0 Å². The lowest BCUT2D eigenvalue weighted by atomic mass is 10.1. The lowest BCUT2D eigenvalue weighted by Crippen LogP contribution is -1.97. The molecular formula is C12H16N4S. The maximum Gasteiger partial charge on any atom is 0.133 e. The Morgan fingerprint density at radius 1 is 1.41 bits per heavy atom. The van der Waals surface area contributed by atoms with Crippen molar-refractivity contribution in [2.24, 2.45) is 0 Å². The molecular weight excluding hydrogens is 232 g/mol. The first kappa shape index (κ1) is 12.0. The summed E-state index contributed by atoms with van der Waals surface area (Å²) in [6.45, 7) is 6.97. The monoisotopic (exact) mass is 248 g/mol. The maximum atomic E-state index is 5.23. The van der Waals surface area contributed by atoms with Crippen molar-refractivity contribution in [3.63, 3.8) is 0 Å². The SMILES string of the molecule is CCCn1cc(-c2[nH]c(C)nc(=S)c2C)cn1. The standard InChI is InChI=1S/C12H16N4S/c1-4-5-16-7-10(6-13-16)11-8(2)12(17)15-9(3)14-11/h6-7H,4-5H2,1-3H3,(H,14,15,17). The molecule has 0 fully saturated rings. The summed E-state index contributed by atoms with van der Waals surface area (Å²) in [5.41, 5.74) is 3.08. The number of nitrogens with one attached hydrogen (secondary N) is 1. The highest BCUT2D eigenvalue weighted by Gasteiger charge is 2.07. The molecule has 0 aliphatic carbocycles. The molecule has 0 amide bonds. The molecule has 0 unspecified atom stereocenters. The number of nitrogens with zero attached hydrogens (tertiary/aromatic N) is 3. The Bertz CT molecular complexity index is 582. The zero-order valence-corrected chi connectivity index (χ0v) is 11.1. The summed E-state index contributed by atoms with van der Waals surface area (Å²) in [7, 11) is 0. The van der Waals surface area contributed by atoms with Crippen LogP contribution >= 0.6 is 12.2 Å². The van der Waals surface area contributed by atoms with E-state index in [0.717, 1.165) is 35.6 Å². The molecule has 2 rings (SSSR count). The molecule has 0 saturated carbocycles. The van der Waals surface area contributed by atoms with Gasteiger partial charge in [-0.1, -0.05) is 19.1 Å². The molecule has 2 aromatic rings. The first-order chi connectivity index (χ1) is 8.11. The molecule has 0 radical (unpaired) electrons. The molecule has 0 bridgehead atoms. The minimum absolute atomic E-state index is 0.652. The zero-order valence-electron chi connectivity index (χ0n) is 10.3. The van der Waals surface area contributed by atoms with E-state index in [1.54, 1.807) is 0 Å². The average molecular weight is 248 g/mol. The number of hydrogen-bond acceptors (Lipinski definition) is 3. The molecule has 90 valence electrons. The highest BCUT2D eigenvalue weighted by Crippen LogP contribution is 2.20. The quantitative estimate of drug-likeness (QED) is 0.849. The van der Waals surface area contributed by atoms with Gasteiger partial charge in [0.1, 0.15) is 10.5 Å². The first-order valence-electron chi connectivity index (χ1n) is 5.72. The van der Waals surface area contributed by atoms with E-state index in [9.17, 15) is 0 Å². The fourth-order valence-corrected chi connectivity index (χ4v) is 2.02. The molecule has 0 saturated heterocycles. The summed E-state index contributed by atoms with van der Waals surface area (Å²) in [6.07, 6.45) is 4.98. The molecule has 2 aromatic heterocycles. The van der Waals surface area contributed by atoms with Gasteiger partial charge in [0.15, 0.2) is 0 Å². The number of H-pyrrole nitrogens is 1. The van der Waals surface area contributed by atoms with E-state index >= 15 is 0 Å². The second-order valence-electron chi connectivity index (χ2n) is 4.12. The molecule has 17 heavy (non-hydrogen) atoms. The van der Waals surface area contributed by atoms with Crippen molar-refractivity contribution in [1.82, 2.24) is 19.7 Å². The van der Waals surface area contributed by atoms with Crippen LogP contribution in [0.2, 0.25) is 0 Å². The molecule has 2 heterocycles. The van der Waals surface area contributed by atoms with Crippen molar-refractivity contribution >= 4 is 12.2 Å². The van der Waals surface area contributed by atoms with Gasteiger partial charge in [0.2, 0.25) is 0 Å². The van der Waals surface area contributed by atoms with E-state index < -0.39 is 0 Å². The van der Waals surface area contributed by atoms with Crippen LogP contribution in [0.15, 0.2) is 12.4 Å². The Morgan fingerprint density at radius 3 is 2.88 bits per heavy atom. The van der Waals surface area contributed by atoms with Crippen molar-refractivity contribution in [3.05, 3.63) is 28.4 Å². The predicted octanol–water partition coefficient (Wildman–Crippen LogP) is 3.03. The van der Waals surface area contributed by atoms with Crippen LogP contribution in [0.25, 0.3) is 11.3 Å². The maximum absolute atomic E-state index is 5.23. The molecule has 0 aliphatic heterocycles. The first-order valence-corrected chi connectivity index (χ1v) is 6.13. The Kier molecular flexibility index (Phi) is 3.38. The van der Waals surface area contributed by atoms with Crippen LogP contribution in [0.5, 0.6) is 0 Å². The van der Waals surface area contributed by atoms with Crippen LogP contribution in [-0.4, -0.2) is 19.7 Å². The summed E-state index contributed by atoms with van der Waals surface area (Å²) in [5, 5.41) is 4.32. The van der Waals surface area contributed by atoms with E-state index in [4.69, 9.17) is 12.2 Å². The van der Waals surface area contributed by atoms with Crippen LogP contribution in [0.4, 0.5) is 0 Å². The van der Waals surface area contributed by atoms with Crippen LogP contribution in [0, 0.1) is 18.5 Å². The third-order valence-corrected chi connectivity index (χ3v) is 3.04. The van der Waals surface area contributed by atoms with Gasteiger partial charge < -0.3 is 4.98 Å². The molecule has 5 heteroatoms. The summed E-state index contributed by atoms with van der Waals surface area (Å²) < 4.78 is 2.60. The van der Waals surface area contributed by atoms with E-state index in [1.807, 2.05) is 30.9 Å². The van der Waals surface area contributed by atoms with Crippen molar-refractivity contribution in [3.8, 4) is 11.3 Å². The Hall–Kier alpha value is -1.49. The predicted molar refractivity (Wildman–Crippen MR) is 70.4 cm³/mol. The lowest BCUT2D eigenvalue weighted by Gasteiger charge is -2.04. The van der Waals surface area contributed by atoms with Gasteiger partial charge in [-0.2, -0.15) is 5.10 Å². The van der Waals surface area contributed by atoms with E-state index in [0.29, 0.717) is 4.64 Å². The van der Waals surface area contributed by atoms with Gasteiger partial charge in [-0.3, -0.25) is 4.68 Å². The third-order valence-electron chi connectivity index (χ3n) is 2.65. The van der Waals surface area contributed by atoms with E-state index in [2.05, 4.69) is 22.0 Å². The second kappa shape index (κ2) is 4.79. The normalized spacial score (nSPS) is 10.8. The van der Waals surface area contributed by atoms with Crippen molar-refractivity contribution in [2.75, 3.05) is 0 Å². The smallest absolute Gasteiger partial charge is 0.133 e. The van der Waals surface area contributed by atoms with E-state index in [-0.39, 0.29) is 0 Å². The van der Waals surface area contributed by atoms with Gasteiger partial charge in [-0.15, -0.1) is 0 Å². The second-order valence-corrected chi connectivity index (χ2v) is 4.51. The Morgan fingerprint density at radius 2 is 2.18 bits per heavy atom. The summed E-state index contributed by atoms with van der Waals surface area (Å²) in [6, 6.07) is 0. The molecule has 0 aliphatic rings. The number of hydrogen-bond donors (Lipinski definition) is 1. The van der Waals surface area contributed by atoms with Gasteiger partial charge in [0.25, 0.3) is 0 Å². The molecule has 0 aromatic carbocycles. The Balaban J connectivity index is 2.48. The summed E-state index contributed by atoms with van der Waals surface area (Å²) >= 11 is 5.23. The third kappa shape index (κ3) is 2.44. The summed E-state index contributed by atoms with van der Waals surface area (Å²) in [5.74, 6) is 0.832. The number of rotatable bonds is 3. The Labute approximate surface area is 106 Å². The minimum atomic E-state index is 0.652. The zero-order chi connectivity index (χ0) is 12.4. The number of aromatic amines is 1. The van der Waals surface area contributed by atoms with Crippen molar-refractivity contribution in [2.45, 2.75) is 33.7 Å². The molecule has 0 spiro atoms. The van der Waals surface area contributed by atoms with Crippen molar-refractivity contribution in [1.29, 1.82) is 0 Å². The molecule has 0 atom stereocenters. The molecule has 4 nitrogen and oxygen atoms in total. The van der Waals surface area contributed by atoms with Gasteiger partial charge >= 0.3 is 0 Å². The van der Waals surface area contributed by atoms with Crippen molar-refractivity contribution < 1.29 is 0 Å².